The Kier molecular flexibility index (Phi) is 4.98. The fraction of sp³-hybridized carbons (Fsp3) is 0.280. The van der Waals surface area contributed by atoms with Gasteiger partial charge in [0.05, 0.1) is 0 Å². The van der Waals surface area contributed by atoms with Crippen LogP contribution in [0.5, 0.6) is 5.75 Å². The first-order chi connectivity index (χ1) is 15.1. The van der Waals surface area contributed by atoms with Crippen LogP contribution in [0.3, 0.4) is 0 Å². The van der Waals surface area contributed by atoms with E-state index in [-0.39, 0.29) is 6.04 Å². The van der Waals surface area contributed by atoms with E-state index < -0.39 is 18.0 Å². The van der Waals surface area contributed by atoms with Crippen LogP contribution in [0.15, 0.2) is 66.7 Å². The lowest BCUT2D eigenvalue weighted by molar-refractivity contribution is -0.128. The number of amides is 3. The Bertz CT molecular complexity index is 1150. The molecule has 0 heterocycles. The lowest BCUT2D eigenvalue weighted by atomic mass is 9.92. The predicted octanol–water partition coefficient (Wildman–Crippen LogP) is 3.67. The van der Waals surface area contributed by atoms with Crippen molar-refractivity contribution in [3.63, 3.8) is 0 Å². The number of hydrazine groups is 1. The number of rotatable bonds is 4. The molecule has 4 atom stereocenters. The molecule has 3 N–H and O–H groups in total. The van der Waals surface area contributed by atoms with Crippen molar-refractivity contribution in [1.82, 2.24) is 16.2 Å². The molecule has 0 aliphatic heterocycles. The summed E-state index contributed by atoms with van der Waals surface area (Å²) in [6, 6.07) is 21.8. The van der Waals surface area contributed by atoms with Crippen LogP contribution >= 0.6 is 0 Å². The van der Waals surface area contributed by atoms with Crippen molar-refractivity contribution in [3.05, 3.63) is 77.9 Å². The summed E-state index contributed by atoms with van der Waals surface area (Å²) in [5, 5.41) is 5.14. The molecule has 2 aliphatic rings. The van der Waals surface area contributed by atoms with Gasteiger partial charge in [-0.3, -0.25) is 10.2 Å². The van der Waals surface area contributed by atoms with Crippen molar-refractivity contribution in [3.8, 4) is 5.75 Å². The third-order valence-electron chi connectivity index (χ3n) is 6.33. The largest absolute Gasteiger partial charge is 0.481 e. The monoisotopic (exact) mass is 415 g/mol. The van der Waals surface area contributed by atoms with E-state index >= 15 is 0 Å². The van der Waals surface area contributed by atoms with Crippen LogP contribution in [0, 0.1) is 5.92 Å². The van der Waals surface area contributed by atoms with Gasteiger partial charge in [0, 0.05) is 12.0 Å². The number of nitrogens with one attached hydrogen (secondary N) is 3. The average molecular weight is 415 g/mol. The summed E-state index contributed by atoms with van der Waals surface area (Å²) >= 11 is 0. The molecular formula is C25H25N3O3. The van der Waals surface area contributed by atoms with Crippen molar-refractivity contribution in [2.45, 2.75) is 37.8 Å². The Hall–Kier alpha value is -3.54. The van der Waals surface area contributed by atoms with E-state index in [1.807, 2.05) is 48.5 Å². The first-order valence-corrected chi connectivity index (χ1v) is 10.7. The highest BCUT2D eigenvalue weighted by atomic mass is 16.5. The zero-order valence-electron chi connectivity index (χ0n) is 17.3. The molecule has 0 bridgehead atoms. The van der Waals surface area contributed by atoms with Crippen LogP contribution in [-0.2, 0) is 11.2 Å². The Morgan fingerprint density at radius 1 is 0.968 bits per heavy atom. The highest BCUT2D eigenvalue weighted by Crippen LogP contribution is 2.54. The molecular weight excluding hydrogens is 390 g/mol. The standard InChI is InChI=1S/C25H25N3O3/c1-15(31-19-12-10-16-6-2-3-8-18(16)14-19)24(29)27-28-25(30)26-23-21-13-11-17-7-4-5-9-20(17)22(21)23/h2-10,12,14-15,21-23H,11,13H2,1H3,(H,27,29)(H2,26,28,30). The van der Waals surface area contributed by atoms with Crippen molar-refractivity contribution < 1.29 is 14.3 Å². The Morgan fingerprint density at radius 3 is 2.61 bits per heavy atom. The summed E-state index contributed by atoms with van der Waals surface area (Å²) in [5.41, 5.74) is 7.62. The number of aryl methyl sites for hydroxylation is 1. The van der Waals surface area contributed by atoms with Gasteiger partial charge in [-0.15, -0.1) is 0 Å². The number of carbonyl (C=O) groups excluding carboxylic acids is 2. The third-order valence-corrected chi connectivity index (χ3v) is 6.33. The zero-order valence-corrected chi connectivity index (χ0v) is 17.3. The molecule has 6 nitrogen and oxygen atoms in total. The van der Waals surface area contributed by atoms with Gasteiger partial charge in [-0.25, -0.2) is 10.2 Å². The van der Waals surface area contributed by atoms with E-state index in [2.05, 4.69) is 34.4 Å². The second-order valence-corrected chi connectivity index (χ2v) is 8.31. The first kappa shape index (κ1) is 19.4. The predicted molar refractivity (Wildman–Crippen MR) is 119 cm³/mol. The molecule has 1 saturated carbocycles. The molecule has 5 rings (SSSR count). The summed E-state index contributed by atoms with van der Waals surface area (Å²) in [6.45, 7) is 1.65. The van der Waals surface area contributed by atoms with Crippen molar-refractivity contribution in [1.29, 1.82) is 0 Å². The van der Waals surface area contributed by atoms with Gasteiger partial charge in [-0.05, 0) is 59.7 Å². The van der Waals surface area contributed by atoms with E-state index in [0.29, 0.717) is 17.6 Å². The van der Waals surface area contributed by atoms with E-state index in [0.717, 1.165) is 23.6 Å². The minimum Gasteiger partial charge on any atom is -0.481 e. The topological polar surface area (TPSA) is 79.5 Å². The Labute approximate surface area is 180 Å². The van der Waals surface area contributed by atoms with Gasteiger partial charge < -0.3 is 10.1 Å². The molecule has 3 aromatic carbocycles. The molecule has 3 amide bonds. The molecule has 31 heavy (non-hydrogen) atoms. The number of urea groups is 1. The van der Waals surface area contributed by atoms with Crippen molar-refractivity contribution in [2.24, 2.45) is 5.92 Å². The minimum absolute atomic E-state index is 0.117. The van der Waals surface area contributed by atoms with Gasteiger partial charge in [0.15, 0.2) is 6.10 Å². The number of ether oxygens (including phenoxy) is 1. The maximum absolute atomic E-state index is 12.4. The molecule has 158 valence electrons. The SMILES string of the molecule is CC(Oc1ccc2ccccc2c1)C(=O)NNC(=O)NC1C2CCc3ccccc3C21. The van der Waals surface area contributed by atoms with Crippen LogP contribution < -0.4 is 20.9 Å². The molecule has 4 unspecified atom stereocenters. The Balaban J connectivity index is 1.11. The molecule has 0 radical (unpaired) electrons. The van der Waals surface area contributed by atoms with Crippen LogP contribution in [0.25, 0.3) is 10.8 Å². The lowest BCUT2D eigenvalue weighted by Crippen LogP contribution is -2.51. The molecule has 0 spiro atoms. The van der Waals surface area contributed by atoms with E-state index in [9.17, 15) is 9.59 Å². The highest BCUT2D eigenvalue weighted by Gasteiger charge is 2.53. The zero-order chi connectivity index (χ0) is 21.4. The van der Waals surface area contributed by atoms with Crippen LogP contribution in [0.1, 0.15) is 30.4 Å². The second kappa shape index (κ2) is 7.95. The van der Waals surface area contributed by atoms with E-state index in [1.54, 1.807) is 6.92 Å². The van der Waals surface area contributed by atoms with Gasteiger partial charge in [-0.2, -0.15) is 0 Å². The fourth-order valence-corrected chi connectivity index (χ4v) is 4.67. The maximum atomic E-state index is 12.4. The number of fused-ring (bicyclic) bond motifs is 4. The van der Waals surface area contributed by atoms with Crippen LogP contribution in [0.2, 0.25) is 0 Å². The van der Waals surface area contributed by atoms with Crippen molar-refractivity contribution >= 4 is 22.7 Å². The summed E-state index contributed by atoms with van der Waals surface area (Å²) in [4.78, 5) is 24.7. The molecule has 6 heteroatoms. The summed E-state index contributed by atoms with van der Waals surface area (Å²) in [7, 11) is 0. The Morgan fingerprint density at radius 2 is 1.74 bits per heavy atom. The lowest BCUT2D eigenvalue weighted by Gasteiger charge is -2.16. The molecule has 0 aromatic heterocycles. The molecule has 1 fully saturated rings. The summed E-state index contributed by atoms with van der Waals surface area (Å²) in [5.74, 6) is 1.04. The highest BCUT2D eigenvalue weighted by molar-refractivity contribution is 5.85. The van der Waals surface area contributed by atoms with Gasteiger partial charge in [-0.1, -0.05) is 54.6 Å². The maximum Gasteiger partial charge on any atom is 0.333 e. The second-order valence-electron chi connectivity index (χ2n) is 8.31. The number of hydrogen-bond acceptors (Lipinski definition) is 3. The first-order valence-electron chi connectivity index (χ1n) is 10.7. The smallest absolute Gasteiger partial charge is 0.333 e. The molecule has 2 aliphatic carbocycles. The van der Waals surface area contributed by atoms with Gasteiger partial charge in [0.1, 0.15) is 5.75 Å². The minimum atomic E-state index is -0.753. The quantitative estimate of drug-likeness (QED) is 0.569. The van der Waals surface area contributed by atoms with Crippen LogP contribution in [0.4, 0.5) is 4.79 Å². The van der Waals surface area contributed by atoms with Gasteiger partial charge >= 0.3 is 6.03 Å². The van der Waals surface area contributed by atoms with E-state index in [4.69, 9.17) is 4.74 Å². The van der Waals surface area contributed by atoms with Gasteiger partial charge in [0.25, 0.3) is 5.91 Å². The molecule has 3 aromatic rings. The summed E-state index contributed by atoms with van der Waals surface area (Å²) in [6.07, 6.45) is 1.38. The summed E-state index contributed by atoms with van der Waals surface area (Å²) < 4.78 is 5.74. The molecule has 0 saturated heterocycles. The normalized spacial score (nSPS) is 21.9. The van der Waals surface area contributed by atoms with Crippen molar-refractivity contribution in [2.75, 3.05) is 0 Å². The third kappa shape index (κ3) is 3.93. The number of hydrogen-bond donors (Lipinski definition) is 3. The van der Waals surface area contributed by atoms with E-state index in [1.165, 1.54) is 11.1 Å². The average Bonchev–Trinajstić information content (AvgIpc) is 3.50. The number of carbonyl (C=O) groups is 2. The number of benzene rings is 3. The van der Waals surface area contributed by atoms with Gasteiger partial charge in [0.2, 0.25) is 0 Å². The van der Waals surface area contributed by atoms with Crippen LogP contribution in [-0.4, -0.2) is 24.1 Å². The fourth-order valence-electron chi connectivity index (χ4n) is 4.67.